The number of carboxylic acids is 1. The van der Waals surface area contributed by atoms with Crippen molar-refractivity contribution in [1.82, 2.24) is 4.98 Å². The van der Waals surface area contributed by atoms with Gasteiger partial charge in [0, 0.05) is 11.8 Å². The van der Waals surface area contributed by atoms with Crippen LogP contribution in [-0.2, 0) is 17.4 Å². The van der Waals surface area contributed by atoms with Crippen molar-refractivity contribution in [3.8, 4) is 11.1 Å². The molecule has 2 rings (SSSR count). The summed E-state index contributed by atoms with van der Waals surface area (Å²) < 4.78 is 51.7. The Balaban J connectivity index is 2.51. The number of benzene rings is 1. The lowest BCUT2D eigenvalue weighted by molar-refractivity contribution is -0.140. The monoisotopic (exact) mass is 299 g/mol. The molecular formula is C14H9F4NO2. The Morgan fingerprint density at radius 1 is 1.14 bits per heavy atom. The number of alkyl halides is 3. The first-order valence-electron chi connectivity index (χ1n) is 5.81. The van der Waals surface area contributed by atoms with Gasteiger partial charge in [-0.3, -0.25) is 9.78 Å². The van der Waals surface area contributed by atoms with Gasteiger partial charge in [0.1, 0.15) is 5.82 Å². The largest absolute Gasteiger partial charge is 0.481 e. The summed E-state index contributed by atoms with van der Waals surface area (Å²) >= 11 is 0. The number of carbonyl (C=O) groups is 1. The Hall–Kier alpha value is -2.44. The minimum absolute atomic E-state index is 0.136. The van der Waals surface area contributed by atoms with E-state index in [1.54, 1.807) is 0 Å². The van der Waals surface area contributed by atoms with Crippen molar-refractivity contribution in [1.29, 1.82) is 0 Å². The van der Waals surface area contributed by atoms with Crippen LogP contribution in [0.5, 0.6) is 0 Å². The topological polar surface area (TPSA) is 50.2 Å². The van der Waals surface area contributed by atoms with Crippen molar-refractivity contribution in [2.45, 2.75) is 12.6 Å². The molecule has 0 unspecified atom stereocenters. The zero-order valence-electron chi connectivity index (χ0n) is 10.5. The lowest BCUT2D eigenvalue weighted by Crippen LogP contribution is -2.14. The molecule has 1 N–H and O–H groups in total. The van der Waals surface area contributed by atoms with E-state index in [1.165, 1.54) is 12.1 Å². The third-order valence-corrected chi connectivity index (χ3v) is 2.77. The summed E-state index contributed by atoms with van der Waals surface area (Å²) in [5.74, 6) is -1.91. The fraction of sp³-hybridized carbons (Fsp3) is 0.143. The molecule has 0 aliphatic carbocycles. The normalized spacial score (nSPS) is 11.4. The van der Waals surface area contributed by atoms with Crippen LogP contribution in [0.4, 0.5) is 17.6 Å². The molecule has 0 radical (unpaired) electrons. The average molecular weight is 299 g/mol. The van der Waals surface area contributed by atoms with Gasteiger partial charge in [0.05, 0.1) is 17.7 Å². The summed E-state index contributed by atoms with van der Waals surface area (Å²) in [5, 5.41) is 8.62. The number of aliphatic carboxylic acids is 1. The Labute approximate surface area is 116 Å². The number of halogens is 4. The van der Waals surface area contributed by atoms with Gasteiger partial charge in [-0.25, -0.2) is 4.39 Å². The lowest BCUT2D eigenvalue weighted by atomic mass is 10.0. The first-order chi connectivity index (χ1) is 9.77. The van der Waals surface area contributed by atoms with E-state index in [0.29, 0.717) is 5.56 Å². The zero-order chi connectivity index (χ0) is 15.6. The lowest BCUT2D eigenvalue weighted by Gasteiger charge is -2.12. The van der Waals surface area contributed by atoms with Crippen LogP contribution in [0, 0.1) is 5.82 Å². The van der Waals surface area contributed by atoms with Crippen LogP contribution in [0.15, 0.2) is 36.5 Å². The van der Waals surface area contributed by atoms with Gasteiger partial charge in [-0.1, -0.05) is 12.1 Å². The van der Waals surface area contributed by atoms with Crippen LogP contribution >= 0.6 is 0 Å². The highest BCUT2D eigenvalue weighted by Crippen LogP contribution is 2.34. The summed E-state index contributed by atoms with van der Waals surface area (Å²) in [4.78, 5) is 14.2. The zero-order valence-corrected chi connectivity index (χ0v) is 10.5. The maximum Gasteiger partial charge on any atom is 0.418 e. The van der Waals surface area contributed by atoms with E-state index in [2.05, 4.69) is 4.98 Å². The third-order valence-electron chi connectivity index (χ3n) is 2.77. The van der Waals surface area contributed by atoms with Gasteiger partial charge < -0.3 is 5.11 Å². The van der Waals surface area contributed by atoms with Gasteiger partial charge >= 0.3 is 12.1 Å². The van der Waals surface area contributed by atoms with Crippen LogP contribution < -0.4 is 0 Å². The molecule has 0 aliphatic rings. The van der Waals surface area contributed by atoms with Gasteiger partial charge in [0.15, 0.2) is 0 Å². The van der Waals surface area contributed by atoms with E-state index in [-0.39, 0.29) is 5.56 Å². The van der Waals surface area contributed by atoms with Crippen molar-refractivity contribution in [2.24, 2.45) is 0 Å². The van der Waals surface area contributed by atoms with Crippen LogP contribution in [0.25, 0.3) is 11.1 Å². The molecule has 110 valence electrons. The van der Waals surface area contributed by atoms with E-state index >= 15 is 0 Å². The Bertz CT molecular complexity index is 666. The smallest absolute Gasteiger partial charge is 0.418 e. The van der Waals surface area contributed by atoms with E-state index in [0.717, 1.165) is 24.4 Å². The van der Waals surface area contributed by atoms with E-state index < -0.39 is 35.6 Å². The second-order valence-electron chi connectivity index (χ2n) is 4.29. The molecule has 2 aromatic rings. The van der Waals surface area contributed by atoms with Crippen molar-refractivity contribution in [3.05, 3.63) is 53.6 Å². The van der Waals surface area contributed by atoms with Gasteiger partial charge in [0.25, 0.3) is 0 Å². The molecule has 0 atom stereocenters. The first kappa shape index (κ1) is 15.0. The molecule has 0 spiro atoms. The minimum Gasteiger partial charge on any atom is -0.481 e. The number of hydrogen-bond acceptors (Lipinski definition) is 2. The molecule has 0 aliphatic heterocycles. The highest BCUT2D eigenvalue weighted by molar-refractivity contribution is 5.71. The molecular weight excluding hydrogens is 290 g/mol. The molecule has 21 heavy (non-hydrogen) atoms. The Kier molecular flexibility index (Phi) is 3.93. The summed E-state index contributed by atoms with van der Waals surface area (Å²) in [6.45, 7) is 0. The molecule has 0 fully saturated rings. The highest BCUT2D eigenvalue weighted by Gasteiger charge is 2.35. The number of pyridine rings is 1. The SMILES string of the molecule is O=C(O)Cc1ncc(-c2ccc(F)cc2)cc1C(F)(F)F. The van der Waals surface area contributed by atoms with Crippen LogP contribution in [0.2, 0.25) is 0 Å². The second kappa shape index (κ2) is 5.51. The number of nitrogens with zero attached hydrogens (tertiary/aromatic N) is 1. The predicted molar refractivity (Wildman–Crippen MR) is 66.0 cm³/mol. The molecule has 1 heterocycles. The molecule has 3 nitrogen and oxygen atoms in total. The second-order valence-corrected chi connectivity index (χ2v) is 4.29. The van der Waals surface area contributed by atoms with Gasteiger partial charge in [0.2, 0.25) is 0 Å². The average Bonchev–Trinajstić information content (AvgIpc) is 2.38. The van der Waals surface area contributed by atoms with Crippen molar-refractivity contribution < 1.29 is 27.5 Å². The number of aromatic nitrogens is 1. The van der Waals surface area contributed by atoms with Gasteiger partial charge in [-0.2, -0.15) is 13.2 Å². The standard InChI is InChI=1S/C14H9F4NO2/c15-10-3-1-8(2-4-10)9-5-11(14(16,17)18)12(19-7-9)6-13(20)21/h1-5,7H,6H2,(H,20,21). The van der Waals surface area contributed by atoms with Gasteiger partial charge in [-0.05, 0) is 23.8 Å². The number of hydrogen-bond donors (Lipinski definition) is 1. The molecule has 7 heteroatoms. The molecule has 0 amide bonds. The highest BCUT2D eigenvalue weighted by atomic mass is 19.4. The molecule has 0 bridgehead atoms. The van der Waals surface area contributed by atoms with E-state index in [4.69, 9.17) is 5.11 Å². The quantitative estimate of drug-likeness (QED) is 0.882. The summed E-state index contributed by atoms with van der Waals surface area (Å²) in [6, 6.07) is 5.70. The fourth-order valence-corrected chi connectivity index (χ4v) is 1.82. The first-order valence-corrected chi connectivity index (χ1v) is 5.81. The molecule has 0 saturated heterocycles. The molecule has 1 aromatic carbocycles. The predicted octanol–water partition coefficient (Wildman–Crippen LogP) is 3.53. The number of carboxylic acid groups (broad SMARTS) is 1. The Morgan fingerprint density at radius 3 is 2.29 bits per heavy atom. The summed E-state index contributed by atoms with van der Waals surface area (Å²) in [6.07, 6.45) is -4.40. The van der Waals surface area contributed by atoms with Crippen molar-refractivity contribution in [2.75, 3.05) is 0 Å². The van der Waals surface area contributed by atoms with Crippen molar-refractivity contribution in [3.63, 3.8) is 0 Å². The maximum absolute atomic E-state index is 13.0. The molecule has 0 saturated carbocycles. The fourth-order valence-electron chi connectivity index (χ4n) is 1.82. The van der Waals surface area contributed by atoms with Crippen LogP contribution in [0.3, 0.4) is 0 Å². The maximum atomic E-state index is 13.0. The summed E-state index contributed by atoms with van der Waals surface area (Å²) in [7, 11) is 0. The van der Waals surface area contributed by atoms with E-state index in [9.17, 15) is 22.4 Å². The third kappa shape index (κ3) is 3.56. The molecule has 1 aromatic heterocycles. The van der Waals surface area contributed by atoms with Gasteiger partial charge in [-0.15, -0.1) is 0 Å². The Morgan fingerprint density at radius 2 is 1.76 bits per heavy atom. The minimum atomic E-state index is -4.71. The van der Waals surface area contributed by atoms with E-state index in [1.807, 2.05) is 0 Å². The van der Waals surface area contributed by atoms with Crippen molar-refractivity contribution >= 4 is 5.97 Å². The number of rotatable bonds is 3. The van der Waals surface area contributed by atoms with Crippen LogP contribution in [-0.4, -0.2) is 16.1 Å². The van der Waals surface area contributed by atoms with Crippen LogP contribution in [0.1, 0.15) is 11.3 Å². The summed E-state index contributed by atoms with van der Waals surface area (Å²) in [5.41, 5.74) is -1.17.